The van der Waals surface area contributed by atoms with Crippen molar-refractivity contribution < 1.29 is 9.13 Å². The Bertz CT molecular complexity index is 458. The van der Waals surface area contributed by atoms with Crippen LogP contribution in [0.15, 0.2) is 0 Å². The zero-order chi connectivity index (χ0) is 14.0. The number of aromatic nitrogens is 2. The average molecular weight is 268 g/mol. The van der Waals surface area contributed by atoms with E-state index in [0.29, 0.717) is 11.7 Å². The Kier molecular flexibility index (Phi) is 4.01. The van der Waals surface area contributed by atoms with Gasteiger partial charge in [-0.15, -0.1) is 0 Å². The molecule has 1 saturated carbocycles. The Balaban J connectivity index is 2.41. The summed E-state index contributed by atoms with van der Waals surface area (Å²) in [6.07, 6.45) is 3.80. The van der Waals surface area contributed by atoms with E-state index in [1.54, 1.807) is 14.0 Å². The van der Waals surface area contributed by atoms with Crippen LogP contribution in [0.1, 0.15) is 44.1 Å². The molecule has 1 aromatic rings. The molecule has 1 heterocycles. The van der Waals surface area contributed by atoms with E-state index in [9.17, 15) is 4.39 Å². The van der Waals surface area contributed by atoms with Crippen molar-refractivity contribution in [3.8, 4) is 0 Å². The molecule has 5 nitrogen and oxygen atoms in total. The second-order valence-electron chi connectivity index (χ2n) is 5.32. The van der Waals surface area contributed by atoms with E-state index in [-0.39, 0.29) is 11.5 Å². The number of hydrazine groups is 1. The van der Waals surface area contributed by atoms with Gasteiger partial charge in [-0.05, 0) is 38.5 Å². The highest BCUT2D eigenvalue weighted by Gasteiger charge is 2.39. The van der Waals surface area contributed by atoms with Crippen LogP contribution >= 0.6 is 0 Å². The van der Waals surface area contributed by atoms with Crippen LogP contribution in [-0.4, -0.2) is 17.1 Å². The molecule has 0 radical (unpaired) electrons. The number of nitrogens with zero attached hydrogens (tertiary/aromatic N) is 2. The number of halogens is 1. The van der Waals surface area contributed by atoms with Crippen molar-refractivity contribution in [1.82, 2.24) is 9.97 Å². The summed E-state index contributed by atoms with van der Waals surface area (Å²) in [5.74, 6) is 6.02. The zero-order valence-electron chi connectivity index (χ0n) is 11.7. The smallest absolute Gasteiger partial charge is 0.187 e. The first-order valence-electron chi connectivity index (χ1n) is 6.59. The first-order valence-corrected chi connectivity index (χ1v) is 6.59. The standard InChI is InChI=1S/C13H21FN4O/c1-8-4-6-13(19-3,7-5-8)12-16-9(2)10(14)11(17-12)18-15/h8H,4-7,15H2,1-3H3,(H,16,17,18). The summed E-state index contributed by atoms with van der Waals surface area (Å²) >= 11 is 0. The minimum Gasteiger partial charge on any atom is -0.370 e. The zero-order valence-corrected chi connectivity index (χ0v) is 11.7. The molecule has 1 aliphatic rings. The molecule has 0 aliphatic heterocycles. The molecular weight excluding hydrogens is 247 g/mol. The molecule has 0 atom stereocenters. The van der Waals surface area contributed by atoms with Gasteiger partial charge in [0.2, 0.25) is 0 Å². The Morgan fingerprint density at radius 3 is 2.53 bits per heavy atom. The van der Waals surface area contributed by atoms with Gasteiger partial charge in [-0.3, -0.25) is 0 Å². The molecule has 19 heavy (non-hydrogen) atoms. The molecule has 0 amide bonds. The normalized spacial score (nSPS) is 27.3. The summed E-state index contributed by atoms with van der Waals surface area (Å²) in [6, 6.07) is 0. The number of hydrogen-bond acceptors (Lipinski definition) is 5. The van der Waals surface area contributed by atoms with Gasteiger partial charge in [0, 0.05) is 7.11 Å². The van der Waals surface area contributed by atoms with Crippen molar-refractivity contribution in [3.05, 3.63) is 17.3 Å². The van der Waals surface area contributed by atoms with Gasteiger partial charge in [0.25, 0.3) is 0 Å². The maximum absolute atomic E-state index is 13.7. The molecule has 0 bridgehead atoms. The molecular formula is C13H21FN4O. The monoisotopic (exact) mass is 268 g/mol. The van der Waals surface area contributed by atoms with Gasteiger partial charge in [-0.2, -0.15) is 0 Å². The summed E-state index contributed by atoms with van der Waals surface area (Å²) in [5, 5.41) is 0. The Hall–Kier alpha value is -1.27. The minimum atomic E-state index is -0.517. The third-order valence-corrected chi connectivity index (χ3v) is 4.03. The topological polar surface area (TPSA) is 73.1 Å². The number of nitrogens with one attached hydrogen (secondary N) is 1. The summed E-state index contributed by atoms with van der Waals surface area (Å²) in [5.41, 5.74) is 2.05. The maximum atomic E-state index is 13.7. The molecule has 3 N–H and O–H groups in total. The van der Waals surface area contributed by atoms with Crippen LogP contribution in [0.2, 0.25) is 0 Å². The second kappa shape index (κ2) is 5.38. The predicted molar refractivity (Wildman–Crippen MR) is 70.9 cm³/mol. The lowest BCUT2D eigenvalue weighted by molar-refractivity contribution is -0.0598. The fourth-order valence-corrected chi connectivity index (χ4v) is 2.61. The number of nitrogens with two attached hydrogens (primary N) is 1. The van der Waals surface area contributed by atoms with Gasteiger partial charge < -0.3 is 10.2 Å². The number of methoxy groups -OCH3 is 1. The van der Waals surface area contributed by atoms with Gasteiger partial charge in [-0.25, -0.2) is 20.2 Å². The lowest BCUT2D eigenvalue weighted by Gasteiger charge is -2.37. The molecule has 0 saturated heterocycles. The molecule has 106 valence electrons. The van der Waals surface area contributed by atoms with Crippen molar-refractivity contribution in [2.75, 3.05) is 12.5 Å². The molecule has 0 spiro atoms. The molecule has 2 rings (SSSR count). The number of rotatable bonds is 3. The van der Waals surface area contributed by atoms with Crippen LogP contribution in [0.4, 0.5) is 10.2 Å². The van der Waals surface area contributed by atoms with E-state index in [1.807, 2.05) is 0 Å². The van der Waals surface area contributed by atoms with Gasteiger partial charge in [0.05, 0.1) is 5.69 Å². The largest absolute Gasteiger partial charge is 0.370 e. The highest BCUT2D eigenvalue weighted by Crippen LogP contribution is 2.41. The quantitative estimate of drug-likeness (QED) is 0.650. The van der Waals surface area contributed by atoms with Crippen LogP contribution in [0.5, 0.6) is 0 Å². The SMILES string of the molecule is COC1(c2nc(C)c(F)c(NN)n2)CCC(C)CC1. The first kappa shape index (κ1) is 14.1. The number of hydrogen-bond donors (Lipinski definition) is 2. The number of nitrogen functional groups attached to an aromatic ring is 1. The van der Waals surface area contributed by atoms with Gasteiger partial charge in [0.1, 0.15) is 5.60 Å². The summed E-state index contributed by atoms with van der Waals surface area (Å²) in [4.78, 5) is 8.46. The number of aryl methyl sites for hydroxylation is 1. The predicted octanol–water partition coefficient (Wildman–Crippen LogP) is 2.26. The Labute approximate surface area is 112 Å². The lowest BCUT2D eigenvalue weighted by atomic mass is 9.79. The van der Waals surface area contributed by atoms with Crippen molar-refractivity contribution in [1.29, 1.82) is 0 Å². The fourth-order valence-electron chi connectivity index (χ4n) is 2.61. The van der Waals surface area contributed by atoms with Crippen LogP contribution in [0.3, 0.4) is 0 Å². The minimum absolute atomic E-state index is 0.0255. The Morgan fingerprint density at radius 2 is 2.00 bits per heavy atom. The van der Waals surface area contributed by atoms with Gasteiger partial charge in [-0.1, -0.05) is 6.92 Å². The van der Waals surface area contributed by atoms with Crippen molar-refractivity contribution in [2.45, 2.75) is 45.1 Å². The van der Waals surface area contributed by atoms with E-state index in [0.717, 1.165) is 25.7 Å². The lowest BCUT2D eigenvalue weighted by Crippen LogP contribution is -2.36. The van der Waals surface area contributed by atoms with Crippen LogP contribution in [0, 0.1) is 18.7 Å². The highest BCUT2D eigenvalue weighted by molar-refractivity contribution is 5.37. The number of anilines is 1. The third-order valence-electron chi connectivity index (χ3n) is 4.03. The maximum Gasteiger partial charge on any atom is 0.187 e. The van der Waals surface area contributed by atoms with Gasteiger partial charge >= 0.3 is 0 Å². The van der Waals surface area contributed by atoms with Crippen molar-refractivity contribution >= 4 is 5.82 Å². The van der Waals surface area contributed by atoms with Crippen LogP contribution < -0.4 is 11.3 Å². The summed E-state index contributed by atoms with van der Waals surface area (Å²) < 4.78 is 19.4. The van der Waals surface area contributed by atoms with Gasteiger partial charge in [0.15, 0.2) is 17.5 Å². The van der Waals surface area contributed by atoms with E-state index < -0.39 is 11.4 Å². The Morgan fingerprint density at radius 1 is 1.37 bits per heavy atom. The molecule has 1 aromatic heterocycles. The fraction of sp³-hybridized carbons (Fsp3) is 0.692. The van der Waals surface area contributed by atoms with E-state index in [1.165, 1.54) is 0 Å². The van der Waals surface area contributed by atoms with Crippen molar-refractivity contribution in [3.63, 3.8) is 0 Å². The molecule has 0 unspecified atom stereocenters. The summed E-state index contributed by atoms with van der Waals surface area (Å²) in [7, 11) is 1.66. The number of ether oxygens (including phenoxy) is 1. The highest BCUT2D eigenvalue weighted by atomic mass is 19.1. The van der Waals surface area contributed by atoms with E-state index in [4.69, 9.17) is 10.6 Å². The van der Waals surface area contributed by atoms with Crippen molar-refractivity contribution in [2.24, 2.45) is 11.8 Å². The molecule has 1 aliphatic carbocycles. The summed E-state index contributed by atoms with van der Waals surface area (Å²) in [6.45, 7) is 3.83. The third kappa shape index (κ3) is 2.55. The van der Waals surface area contributed by atoms with Crippen LogP contribution in [0.25, 0.3) is 0 Å². The van der Waals surface area contributed by atoms with Crippen LogP contribution in [-0.2, 0) is 10.3 Å². The second-order valence-corrected chi connectivity index (χ2v) is 5.32. The first-order chi connectivity index (χ1) is 9.02. The van der Waals surface area contributed by atoms with E-state index in [2.05, 4.69) is 22.3 Å². The molecule has 1 fully saturated rings. The molecule has 0 aromatic carbocycles. The molecule has 6 heteroatoms. The average Bonchev–Trinajstić information content (AvgIpc) is 2.43. The van der Waals surface area contributed by atoms with E-state index >= 15 is 0 Å².